The summed E-state index contributed by atoms with van der Waals surface area (Å²) in [7, 11) is -0.887. The highest BCUT2D eigenvalue weighted by Crippen LogP contribution is 2.21. The summed E-state index contributed by atoms with van der Waals surface area (Å²) in [5.41, 5.74) is 0.576. The van der Waals surface area contributed by atoms with Crippen LogP contribution in [0.2, 0.25) is 0 Å². The third-order valence-electron chi connectivity index (χ3n) is 3.45. The number of hydrogen-bond acceptors (Lipinski definition) is 4. The molecule has 0 aliphatic rings. The molecule has 2 aromatic carbocycles. The number of sulfonamides is 1. The second kappa shape index (κ2) is 7.08. The molecule has 0 aliphatic carbocycles. The predicted octanol–water partition coefficient (Wildman–Crippen LogP) is 2.19. The molecule has 0 aromatic heterocycles. The van der Waals surface area contributed by atoms with Crippen LogP contribution in [0.5, 0.6) is 5.75 Å². The number of nitrogens with zero attached hydrogens (tertiary/aromatic N) is 1. The molecule has 124 valence electrons. The minimum Gasteiger partial charge on any atom is -0.497 e. The van der Waals surface area contributed by atoms with E-state index in [-0.39, 0.29) is 11.4 Å². The number of methoxy groups -OCH3 is 1. The lowest BCUT2D eigenvalue weighted by Gasteiger charge is -2.21. The summed E-state index contributed by atoms with van der Waals surface area (Å²) >= 11 is 0. The van der Waals surface area contributed by atoms with E-state index in [1.54, 1.807) is 24.3 Å². The summed E-state index contributed by atoms with van der Waals surface area (Å²) < 4.78 is 43.7. The first-order valence-electron chi connectivity index (χ1n) is 6.88. The maximum atomic E-state index is 12.9. The first-order chi connectivity index (χ1) is 10.8. The smallest absolute Gasteiger partial charge is 0.242 e. The number of benzene rings is 2. The van der Waals surface area contributed by atoms with E-state index < -0.39 is 21.9 Å². The zero-order chi connectivity index (χ0) is 17.0. The molecule has 0 radical (unpaired) electrons. The van der Waals surface area contributed by atoms with Crippen LogP contribution in [0.25, 0.3) is 0 Å². The summed E-state index contributed by atoms with van der Waals surface area (Å²) in [5.74, 6) is 0.137. The minimum absolute atomic E-state index is 0.0247. The largest absolute Gasteiger partial charge is 0.497 e. The zero-order valence-corrected chi connectivity index (χ0v) is 13.6. The number of rotatable bonds is 6. The van der Waals surface area contributed by atoms with Gasteiger partial charge in [-0.25, -0.2) is 12.8 Å². The highest BCUT2D eigenvalue weighted by atomic mass is 32.2. The fourth-order valence-corrected chi connectivity index (χ4v) is 3.24. The molecule has 0 aliphatic heterocycles. The summed E-state index contributed by atoms with van der Waals surface area (Å²) in [6.07, 6.45) is -0.985. The molecule has 1 N–H and O–H groups in total. The first kappa shape index (κ1) is 17.4. The van der Waals surface area contributed by atoms with E-state index in [0.29, 0.717) is 11.3 Å². The van der Waals surface area contributed by atoms with Crippen LogP contribution in [-0.2, 0) is 10.0 Å². The molecule has 0 heterocycles. The maximum Gasteiger partial charge on any atom is 0.242 e. The van der Waals surface area contributed by atoms with Crippen molar-refractivity contribution in [3.05, 3.63) is 59.9 Å². The van der Waals surface area contributed by atoms with Crippen LogP contribution >= 0.6 is 0 Å². The lowest BCUT2D eigenvalue weighted by atomic mass is 10.1. The van der Waals surface area contributed by atoms with Crippen LogP contribution in [0.3, 0.4) is 0 Å². The van der Waals surface area contributed by atoms with Gasteiger partial charge in [-0.05, 0) is 42.0 Å². The van der Waals surface area contributed by atoms with Gasteiger partial charge in [0.25, 0.3) is 0 Å². The van der Waals surface area contributed by atoms with Gasteiger partial charge >= 0.3 is 0 Å². The number of ether oxygens (including phenoxy) is 1. The van der Waals surface area contributed by atoms with E-state index in [0.717, 1.165) is 16.4 Å². The van der Waals surface area contributed by atoms with Gasteiger partial charge in [0.1, 0.15) is 11.6 Å². The Kier molecular flexibility index (Phi) is 5.35. The second-order valence-corrected chi connectivity index (χ2v) is 7.07. The fourth-order valence-electron chi connectivity index (χ4n) is 2.06. The van der Waals surface area contributed by atoms with Gasteiger partial charge in [0.05, 0.1) is 18.1 Å². The molecule has 0 spiro atoms. The molecule has 1 atom stereocenters. The van der Waals surface area contributed by atoms with Crippen LogP contribution in [0.15, 0.2) is 53.4 Å². The molecule has 0 bridgehead atoms. The summed E-state index contributed by atoms with van der Waals surface area (Å²) in [6.45, 7) is -0.119. The molecule has 0 saturated carbocycles. The van der Waals surface area contributed by atoms with Gasteiger partial charge in [-0.15, -0.1) is 0 Å². The summed E-state index contributed by atoms with van der Waals surface area (Å²) in [5, 5.41) is 10.2. The summed E-state index contributed by atoms with van der Waals surface area (Å²) in [6, 6.07) is 11.3. The van der Waals surface area contributed by atoms with Crippen molar-refractivity contribution in [3.8, 4) is 5.75 Å². The maximum absolute atomic E-state index is 12.9. The number of halogens is 1. The van der Waals surface area contributed by atoms with Crippen LogP contribution < -0.4 is 4.74 Å². The van der Waals surface area contributed by atoms with Gasteiger partial charge in [-0.2, -0.15) is 4.31 Å². The monoisotopic (exact) mass is 339 g/mol. The Balaban J connectivity index is 2.13. The number of hydrogen-bond donors (Lipinski definition) is 1. The number of likely N-dealkylation sites (N-methyl/N-ethyl adjacent to an activating group) is 1. The normalized spacial score (nSPS) is 13.1. The third-order valence-corrected chi connectivity index (χ3v) is 5.29. The highest BCUT2D eigenvalue weighted by Gasteiger charge is 2.23. The average Bonchev–Trinajstić information content (AvgIpc) is 2.55. The van der Waals surface area contributed by atoms with Crippen molar-refractivity contribution in [2.45, 2.75) is 11.0 Å². The topological polar surface area (TPSA) is 66.8 Å². The molecular formula is C16H18FNO4S. The molecule has 2 rings (SSSR count). The molecule has 7 heteroatoms. The summed E-state index contributed by atoms with van der Waals surface area (Å²) in [4.78, 5) is -0.0247. The molecule has 1 unspecified atom stereocenters. The Hall–Kier alpha value is -1.96. The standard InChI is InChI=1S/C16H18FNO4S/c1-18(23(20,21)15-9-5-13(17)6-10-15)11-16(19)12-3-7-14(22-2)8-4-12/h3-10,16,19H,11H2,1-2H3. The number of aliphatic hydroxyl groups is 1. The van der Waals surface area contributed by atoms with Gasteiger partial charge in [0, 0.05) is 13.6 Å². The minimum atomic E-state index is -3.79. The highest BCUT2D eigenvalue weighted by molar-refractivity contribution is 7.89. The SMILES string of the molecule is COc1ccc(C(O)CN(C)S(=O)(=O)c2ccc(F)cc2)cc1. The van der Waals surface area contributed by atoms with E-state index in [9.17, 15) is 17.9 Å². The Labute approximate surface area is 135 Å². The van der Waals surface area contributed by atoms with Crippen molar-refractivity contribution in [1.29, 1.82) is 0 Å². The molecule has 5 nitrogen and oxygen atoms in total. The van der Waals surface area contributed by atoms with Gasteiger partial charge in [0.15, 0.2) is 0 Å². The second-order valence-electron chi connectivity index (χ2n) is 5.03. The van der Waals surface area contributed by atoms with Gasteiger partial charge in [-0.1, -0.05) is 12.1 Å². The predicted molar refractivity (Wildman–Crippen MR) is 84.2 cm³/mol. The zero-order valence-electron chi connectivity index (χ0n) is 12.8. The molecule has 0 saturated heterocycles. The third kappa shape index (κ3) is 4.07. The molecule has 0 amide bonds. The lowest BCUT2D eigenvalue weighted by Crippen LogP contribution is -2.31. The Morgan fingerprint density at radius 1 is 1.13 bits per heavy atom. The Bertz CT molecular complexity index is 745. The van der Waals surface area contributed by atoms with Crippen molar-refractivity contribution in [3.63, 3.8) is 0 Å². The Morgan fingerprint density at radius 2 is 1.70 bits per heavy atom. The van der Waals surface area contributed by atoms with E-state index >= 15 is 0 Å². The fraction of sp³-hybridized carbons (Fsp3) is 0.250. The van der Waals surface area contributed by atoms with Crippen molar-refractivity contribution in [1.82, 2.24) is 4.31 Å². The van der Waals surface area contributed by atoms with Crippen molar-refractivity contribution < 1.29 is 22.7 Å². The molecule has 2 aromatic rings. The molecule has 0 fully saturated rings. The average molecular weight is 339 g/mol. The lowest BCUT2D eigenvalue weighted by molar-refractivity contribution is 0.155. The van der Waals surface area contributed by atoms with E-state index in [1.807, 2.05) is 0 Å². The van der Waals surface area contributed by atoms with Crippen molar-refractivity contribution in [2.24, 2.45) is 0 Å². The van der Waals surface area contributed by atoms with E-state index in [2.05, 4.69) is 0 Å². The quantitative estimate of drug-likeness (QED) is 0.876. The van der Waals surface area contributed by atoms with Crippen LogP contribution in [0, 0.1) is 5.82 Å². The van der Waals surface area contributed by atoms with E-state index in [4.69, 9.17) is 4.74 Å². The van der Waals surface area contributed by atoms with Crippen molar-refractivity contribution in [2.75, 3.05) is 20.7 Å². The molecule has 23 heavy (non-hydrogen) atoms. The first-order valence-corrected chi connectivity index (χ1v) is 8.32. The van der Waals surface area contributed by atoms with E-state index in [1.165, 1.54) is 26.3 Å². The van der Waals surface area contributed by atoms with Gasteiger partial charge < -0.3 is 9.84 Å². The van der Waals surface area contributed by atoms with Crippen LogP contribution in [0.1, 0.15) is 11.7 Å². The van der Waals surface area contributed by atoms with Gasteiger partial charge in [-0.3, -0.25) is 0 Å². The van der Waals surface area contributed by atoms with Gasteiger partial charge in [0.2, 0.25) is 10.0 Å². The molecular weight excluding hydrogens is 321 g/mol. The van der Waals surface area contributed by atoms with Crippen molar-refractivity contribution >= 4 is 10.0 Å². The van der Waals surface area contributed by atoms with Crippen LogP contribution in [-0.4, -0.2) is 38.5 Å². The number of aliphatic hydroxyl groups excluding tert-OH is 1. The van der Waals surface area contributed by atoms with Crippen LogP contribution in [0.4, 0.5) is 4.39 Å². The Morgan fingerprint density at radius 3 is 2.22 bits per heavy atom.